The molecule has 1 aromatic carbocycles. The van der Waals surface area contributed by atoms with Gasteiger partial charge in [0, 0.05) is 44.0 Å². The van der Waals surface area contributed by atoms with Crippen LogP contribution in [0, 0.1) is 5.92 Å². The zero-order valence-corrected chi connectivity index (χ0v) is 14.9. The summed E-state index contributed by atoms with van der Waals surface area (Å²) in [7, 11) is 1.70. The van der Waals surface area contributed by atoms with Gasteiger partial charge in [-0.3, -0.25) is 4.98 Å². The first kappa shape index (κ1) is 18.9. The van der Waals surface area contributed by atoms with E-state index in [0.717, 1.165) is 51.7 Å². The molecule has 2 heterocycles. The Morgan fingerprint density at radius 3 is 2.92 bits per heavy atom. The summed E-state index contributed by atoms with van der Waals surface area (Å²) >= 11 is 0. The van der Waals surface area contributed by atoms with Gasteiger partial charge in [-0.1, -0.05) is 12.1 Å². The van der Waals surface area contributed by atoms with Gasteiger partial charge in [-0.2, -0.15) is 13.2 Å². The Hall–Kier alpha value is -1.86. The fourth-order valence-electron chi connectivity index (χ4n) is 3.55. The van der Waals surface area contributed by atoms with E-state index < -0.39 is 11.7 Å². The Bertz CT molecular complexity index is 736. The number of hydrogen-bond acceptors (Lipinski definition) is 4. The van der Waals surface area contributed by atoms with Crippen LogP contribution in [0.1, 0.15) is 18.4 Å². The second-order valence-corrected chi connectivity index (χ2v) is 6.74. The molecule has 0 radical (unpaired) electrons. The number of alkyl halides is 3. The van der Waals surface area contributed by atoms with Crippen molar-refractivity contribution in [3.05, 3.63) is 36.0 Å². The lowest BCUT2D eigenvalue weighted by atomic mass is 9.97. The summed E-state index contributed by atoms with van der Waals surface area (Å²) in [5.74, 6) is 0.467. The van der Waals surface area contributed by atoms with E-state index in [9.17, 15) is 13.2 Å². The Balaban J connectivity index is 1.71. The third kappa shape index (κ3) is 4.45. The molecular formula is C19H24F3N3O. The molecule has 1 aliphatic heterocycles. The fraction of sp³-hybridized carbons (Fsp3) is 0.526. The van der Waals surface area contributed by atoms with Gasteiger partial charge < -0.3 is 15.0 Å². The molecule has 0 saturated carbocycles. The summed E-state index contributed by atoms with van der Waals surface area (Å²) in [6, 6.07) is 5.94. The summed E-state index contributed by atoms with van der Waals surface area (Å²) in [5.41, 5.74) is 0.00698. The highest BCUT2D eigenvalue weighted by molar-refractivity contribution is 5.93. The maximum absolute atomic E-state index is 13.2. The molecule has 0 aliphatic carbocycles. The van der Waals surface area contributed by atoms with Crippen molar-refractivity contribution in [1.82, 2.24) is 9.88 Å². The average Bonchev–Trinajstić information content (AvgIpc) is 2.63. The first-order valence-corrected chi connectivity index (χ1v) is 8.89. The van der Waals surface area contributed by atoms with Crippen molar-refractivity contribution in [3.8, 4) is 0 Å². The molecule has 1 N–H and O–H groups in total. The van der Waals surface area contributed by atoms with E-state index in [1.165, 1.54) is 12.3 Å². The zero-order valence-electron chi connectivity index (χ0n) is 14.9. The molecule has 0 spiro atoms. The van der Waals surface area contributed by atoms with Crippen molar-refractivity contribution >= 4 is 16.6 Å². The SMILES string of the molecule is COCCN1CCCC(CNc2ccnc3c(C(F)(F)F)cccc23)C1. The normalized spacial score (nSPS) is 19.0. The second kappa shape index (κ2) is 8.22. The van der Waals surface area contributed by atoms with Gasteiger partial charge in [0.15, 0.2) is 0 Å². The molecular weight excluding hydrogens is 343 g/mol. The highest BCUT2D eigenvalue weighted by atomic mass is 19.4. The molecule has 7 heteroatoms. The molecule has 1 atom stereocenters. The molecule has 2 aromatic rings. The van der Waals surface area contributed by atoms with Crippen LogP contribution in [0.15, 0.2) is 30.5 Å². The predicted octanol–water partition coefficient (Wildman–Crippen LogP) is 4.02. The van der Waals surface area contributed by atoms with E-state index >= 15 is 0 Å². The number of aromatic nitrogens is 1. The fourth-order valence-corrected chi connectivity index (χ4v) is 3.55. The first-order chi connectivity index (χ1) is 12.5. The van der Waals surface area contributed by atoms with Gasteiger partial charge >= 0.3 is 6.18 Å². The molecule has 0 amide bonds. The largest absolute Gasteiger partial charge is 0.418 e. The number of halogens is 3. The smallest absolute Gasteiger partial charge is 0.384 e. The minimum absolute atomic E-state index is 0.00429. The minimum atomic E-state index is -4.41. The number of pyridine rings is 1. The standard InChI is InChI=1S/C19H24F3N3O/c1-26-11-10-25-9-3-4-14(13-25)12-24-17-7-8-23-18-15(17)5-2-6-16(18)19(20,21)22/h2,5-8,14H,3-4,9-13H2,1H3,(H,23,24). The monoisotopic (exact) mass is 367 g/mol. The van der Waals surface area contributed by atoms with Crippen molar-refractivity contribution < 1.29 is 17.9 Å². The number of nitrogens with zero attached hydrogens (tertiary/aromatic N) is 2. The Morgan fingerprint density at radius 2 is 2.15 bits per heavy atom. The van der Waals surface area contributed by atoms with Crippen molar-refractivity contribution in [3.63, 3.8) is 0 Å². The third-order valence-electron chi connectivity index (χ3n) is 4.87. The lowest BCUT2D eigenvalue weighted by Gasteiger charge is -2.32. The van der Waals surface area contributed by atoms with E-state index in [0.29, 0.717) is 17.0 Å². The van der Waals surface area contributed by atoms with E-state index in [1.807, 2.05) is 0 Å². The number of methoxy groups -OCH3 is 1. The number of anilines is 1. The summed E-state index contributed by atoms with van der Waals surface area (Å²) in [6.45, 7) is 4.43. The molecule has 1 unspecified atom stereocenters. The summed E-state index contributed by atoms with van der Waals surface area (Å²) in [5, 5.41) is 3.86. The Morgan fingerprint density at radius 1 is 1.31 bits per heavy atom. The lowest BCUT2D eigenvalue weighted by Crippen LogP contribution is -2.39. The quantitative estimate of drug-likeness (QED) is 0.837. The van der Waals surface area contributed by atoms with Crippen molar-refractivity contribution in [2.24, 2.45) is 5.92 Å². The van der Waals surface area contributed by atoms with Crippen molar-refractivity contribution in [2.75, 3.05) is 45.2 Å². The van der Waals surface area contributed by atoms with Crippen LogP contribution in [-0.4, -0.2) is 49.8 Å². The molecule has 1 aromatic heterocycles. The van der Waals surface area contributed by atoms with E-state index in [4.69, 9.17) is 4.74 Å². The van der Waals surface area contributed by atoms with Crippen molar-refractivity contribution in [2.45, 2.75) is 19.0 Å². The van der Waals surface area contributed by atoms with E-state index in [-0.39, 0.29) is 5.52 Å². The topological polar surface area (TPSA) is 37.4 Å². The zero-order chi connectivity index (χ0) is 18.6. The first-order valence-electron chi connectivity index (χ1n) is 8.89. The number of ether oxygens (including phenoxy) is 1. The second-order valence-electron chi connectivity index (χ2n) is 6.74. The van der Waals surface area contributed by atoms with Crippen LogP contribution in [0.2, 0.25) is 0 Å². The molecule has 4 nitrogen and oxygen atoms in total. The Kier molecular flexibility index (Phi) is 5.98. The summed E-state index contributed by atoms with van der Waals surface area (Å²) < 4.78 is 44.7. The maximum Gasteiger partial charge on any atom is 0.418 e. The molecule has 3 rings (SSSR count). The Labute approximate surface area is 151 Å². The van der Waals surface area contributed by atoms with Gasteiger partial charge in [0.05, 0.1) is 17.7 Å². The number of para-hydroxylation sites is 1. The van der Waals surface area contributed by atoms with Crippen molar-refractivity contribution in [1.29, 1.82) is 0 Å². The van der Waals surface area contributed by atoms with Crippen LogP contribution in [0.5, 0.6) is 0 Å². The molecule has 0 bridgehead atoms. The number of hydrogen-bond donors (Lipinski definition) is 1. The molecule has 1 saturated heterocycles. The number of nitrogens with one attached hydrogen (secondary N) is 1. The van der Waals surface area contributed by atoms with Crippen LogP contribution in [0.4, 0.5) is 18.9 Å². The van der Waals surface area contributed by atoms with Gasteiger partial charge in [0.1, 0.15) is 0 Å². The summed E-state index contributed by atoms with van der Waals surface area (Å²) in [6.07, 6.45) is -0.722. The highest BCUT2D eigenvalue weighted by Crippen LogP contribution is 2.35. The molecule has 1 fully saturated rings. The number of benzene rings is 1. The average molecular weight is 367 g/mol. The van der Waals surface area contributed by atoms with Crippen LogP contribution in [0.3, 0.4) is 0 Å². The van der Waals surface area contributed by atoms with Crippen LogP contribution in [-0.2, 0) is 10.9 Å². The van der Waals surface area contributed by atoms with Crippen LogP contribution < -0.4 is 5.32 Å². The predicted molar refractivity (Wildman–Crippen MR) is 96.3 cm³/mol. The van der Waals surface area contributed by atoms with Gasteiger partial charge in [-0.15, -0.1) is 0 Å². The van der Waals surface area contributed by atoms with Gasteiger partial charge in [-0.25, -0.2) is 0 Å². The summed E-state index contributed by atoms with van der Waals surface area (Å²) in [4.78, 5) is 6.35. The van der Waals surface area contributed by atoms with Gasteiger partial charge in [0.25, 0.3) is 0 Å². The maximum atomic E-state index is 13.2. The van der Waals surface area contributed by atoms with Gasteiger partial charge in [0.2, 0.25) is 0 Å². The molecule has 26 heavy (non-hydrogen) atoms. The number of likely N-dealkylation sites (tertiary alicyclic amines) is 1. The van der Waals surface area contributed by atoms with E-state index in [1.54, 1.807) is 19.2 Å². The lowest BCUT2D eigenvalue weighted by molar-refractivity contribution is -0.136. The number of fused-ring (bicyclic) bond motifs is 1. The van der Waals surface area contributed by atoms with Crippen LogP contribution >= 0.6 is 0 Å². The van der Waals surface area contributed by atoms with Gasteiger partial charge in [-0.05, 0) is 37.4 Å². The van der Waals surface area contributed by atoms with E-state index in [2.05, 4.69) is 15.2 Å². The number of piperidine rings is 1. The molecule has 142 valence electrons. The number of rotatable bonds is 6. The van der Waals surface area contributed by atoms with Crippen LogP contribution in [0.25, 0.3) is 10.9 Å². The third-order valence-corrected chi connectivity index (χ3v) is 4.87. The minimum Gasteiger partial charge on any atom is -0.384 e. The highest BCUT2D eigenvalue weighted by Gasteiger charge is 2.33. The molecule has 1 aliphatic rings.